The highest BCUT2D eigenvalue weighted by Crippen LogP contribution is 2.21. The molecule has 0 aromatic heterocycles. The van der Waals surface area contributed by atoms with Crippen molar-refractivity contribution in [3.05, 3.63) is 29.8 Å². The molecule has 1 aliphatic heterocycles. The van der Waals surface area contributed by atoms with Gasteiger partial charge < -0.3 is 5.32 Å². The van der Waals surface area contributed by atoms with Crippen LogP contribution in [-0.2, 0) is 14.8 Å². The number of carbonyl (C=O) groups is 1. The van der Waals surface area contributed by atoms with Gasteiger partial charge in [-0.3, -0.25) is 4.79 Å². The number of nitrogens with one attached hydrogen (secondary N) is 1. The first-order valence-electron chi connectivity index (χ1n) is 7.25. The molecule has 0 unspecified atom stereocenters. The lowest BCUT2D eigenvalue weighted by Crippen LogP contribution is -2.44. The van der Waals surface area contributed by atoms with E-state index in [0.717, 1.165) is 0 Å². The largest absolute Gasteiger partial charge is 0.326 e. The van der Waals surface area contributed by atoms with Crippen LogP contribution in [-0.4, -0.2) is 37.5 Å². The van der Waals surface area contributed by atoms with E-state index in [1.165, 1.54) is 4.31 Å². The van der Waals surface area contributed by atoms with Gasteiger partial charge in [0.25, 0.3) is 0 Å². The second-order valence-corrected chi connectivity index (χ2v) is 7.54. The molecule has 1 aromatic carbocycles. The number of hydrogen-bond acceptors (Lipinski definition) is 4. The molecule has 1 atom stereocenters. The number of carbonyl (C=O) groups excluding carboxylic acids is 1. The third kappa shape index (κ3) is 3.84. The standard InChI is InChI=1S/C15H19N3O3S/c1-2-22(20,21)18-8-4-6-13(11-18)15(19)17-14-7-3-5-12(9-14)10-16/h3,5,7,9,13H,2,4,6,8,11H2,1H3,(H,17,19)/t13-/m0/s1. The summed E-state index contributed by atoms with van der Waals surface area (Å²) in [5, 5.41) is 11.6. The van der Waals surface area contributed by atoms with Crippen LogP contribution in [0, 0.1) is 17.2 Å². The van der Waals surface area contributed by atoms with Crippen molar-refractivity contribution < 1.29 is 13.2 Å². The maximum atomic E-state index is 12.3. The molecule has 0 spiro atoms. The van der Waals surface area contributed by atoms with Crippen LogP contribution < -0.4 is 5.32 Å². The van der Waals surface area contributed by atoms with Gasteiger partial charge in [-0.25, -0.2) is 12.7 Å². The van der Waals surface area contributed by atoms with Gasteiger partial charge in [0.15, 0.2) is 0 Å². The molecular weight excluding hydrogens is 302 g/mol. The van der Waals surface area contributed by atoms with Crippen molar-refractivity contribution in [2.75, 3.05) is 24.2 Å². The Bertz CT molecular complexity index is 694. The monoisotopic (exact) mass is 321 g/mol. The minimum atomic E-state index is -3.26. The molecule has 1 aromatic rings. The molecule has 118 valence electrons. The van der Waals surface area contributed by atoms with E-state index in [0.29, 0.717) is 30.6 Å². The van der Waals surface area contributed by atoms with E-state index in [4.69, 9.17) is 5.26 Å². The van der Waals surface area contributed by atoms with Gasteiger partial charge in [-0.05, 0) is 38.0 Å². The van der Waals surface area contributed by atoms with Crippen molar-refractivity contribution in [1.82, 2.24) is 4.31 Å². The molecule has 1 aliphatic rings. The first-order chi connectivity index (χ1) is 10.5. The molecule has 1 fully saturated rings. The molecule has 6 nitrogen and oxygen atoms in total. The molecule has 1 amide bonds. The van der Waals surface area contributed by atoms with E-state index in [2.05, 4.69) is 5.32 Å². The fourth-order valence-corrected chi connectivity index (χ4v) is 3.68. The minimum Gasteiger partial charge on any atom is -0.326 e. The Balaban J connectivity index is 2.05. The van der Waals surface area contributed by atoms with Crippen molar-refractivity contribution >= 4 is 21.6 Å². The summed E-state index contributed by atoms with van der Waals surface area (Å²) in [4.78, 5) is 12.3. The predicted octanol–water partition coefficient (Wildman–Crippen LogP) is 1.56. The fraction of sp³-hybridized carbons (Fsp3) is 0.467. The van der Waals surface area contributed by atoms with Crippen LogP contribution in [0.1, 0.15) is 25.3 Å². The number of benzene rings is 1. The van der Waals surface area contributed by atoms with Crippen LogP contribution in [0.4, 0.5) is 5.69 Å². The molecule has 0 radical (unpaired) electrons. The number of rotatable bonds is 4. The maximum absolute atomic E-state index is 12.3. The molecule has 0 aliphatic carbocycles. The topological polar surface area (TPSA) is 90.3 Å². The zero-order chi connectivity index (χ0) is 16.2. The highest BCUT2D eigenvalue weighted by molar-refractivity contribution is 7.89. The van der Waals surface area contributed by atoms with E-state index in [1.807, 2.05) is 6.07 Å². The van der Waals surface area contributed by atoms with E-state index < -0.39 is 10.0 Å². The Hall–Kier alpha value is -1.91. The van der Waals surface area contributed by atoms with E-state index in [9.17, 15) is 13.2 Å². The molecule has 2 rings (SSSR count). The molecule has 22 heavy (non-hydrogen) atoms. The Labute approximate surface area is 130 Å². The lowest BCUT2D eigenvalue weighted by molar-refractivity contribution is -0.120. The van der Waals surface area contributed by atoms with E-state index in [-0.39, 0.29) is 24.1 Å². The summed E-state index contributed by atoms with van der Waals surface area (Å²) in [6.07, 6.45) is 1.34. The van der Waals surface area contributed by atoms with Crippen molar-refractivity contribution in [3.8, 4) is 6.07 Å². The Morgan fingerprint density at radius 1 is 1.50 bits per heavy atom. The number of nitriles is 1. The van der Waals surface area contributed by atoms with Gasteiger partial charge in [0.2, 0.25) is 15.9 Å². The zero-order valence-corrected chi connectivity index (χ0v) is 13.3. The van der Waals surface area contributed by atoms with Gasteiger partial charge in [-0.2, -0.15) is 5.26 Å². The lowest BCUT2D eigenvalue weighted by Gasteiger charge is -2.30. The zero-order valence-electron chi connectivity index (χ0n) is 12.4. The summed E-state index contributed by atoms with van der Waals surface area (Å²) < 4.78 is 25.2. The molecule has 0 bridgehead atoms. The summed E-state index contributed by atoms with van der Waals surface area (Å²) in [6.45, 7) is 2.30. The summed E-state index contributed by atoms with van der Waals surface area (Å²) >= 11 is 0. The normalized spacial score (nSPS) is 19.4. The predicted molar refractivity (Wildman–Crippen MR) is 83.5 cm³/mol. The number of piperidine rings is 1. The van der Waals surface area contributed by atoms with Crippen molar-refractivity contribution in [2.24, 2.45) is 5.92 Å². The second kappa shape index (κ2) is 6.90. The highest BCUT2D eigenvalue weighted by Gasteiger charge is 2.31. The van der Waals surface area contributed by atoms with Crippen LogP contribution >= 0.6 is 0 Å². The van der Waals surface area contributed by atoms with Gasteiger partial charge >= 0.3 is 0 Å². The average molecular weight is 321 g/mol. The van der Waals surface area contributed by atoms with Gasteiger partial charge in [-0.1, -0.05) is 6.07 Å². The molecule has 1 saturated heterocycles. The molecule has 0 saturated carbocycles. The quantitative estimate of drug-likeness (QED) is 0.911. The Morgan fingerprint density at radius 3 is 2.95 bits per heavy atom. The van der Waals surface area contributed by atoms with Crippen LogP contribution in [0.25, 0.3) is 0 Å². The smallest absolute Gasteiger partial charge is 0.228 e. The summed E-state index contributed by atoms with van der Waals surface area (Å²) in [7, 11) is -3.26. The van der Waals surface area contributed by atoms with Crippen molar-refractivity contribution in [1.29, 1.82) is 5.26 Å². The maximum Gasteiger partial charge on any atom is 0.228 e. The van der Waals surface area contributed by atoms with Gasteiger partial charge in [0.1, 0.15) is 0 Å². The number of anilines is 1. The minimum absolute atomic E-state index is 0.0472. The van der Waals surface area contributed by atoms with Gasteiger partial charge in [0, 0.05) is 18.8 Å². The summed E-state index contributed by atoms with van der Waals surface area (Å²) in [6, 6.07) is 8.68. The Morgan fingerprint density at radius 2 is 2.27 bits per heavy atom. The van der Waals surface area contributed by atoms with Gasteiger partial charge in [0.05, 0.1) is 23.3 Å². The number of nitrogens with zero attached hydrogens (tertiary/aromatic N) is 2. The van der Waals surface area contributed by atoms with E-state index in [1.54, 1.807) is 31.2 Å². The molecular formula is C15H19N3O3S. The Kier molecular flexibility index (Phi) is 5.16. The SMILES string of the molecule is CCS(=O)(=O)N1CCC[C@H](C(=O)Nc2cccc(C#N)c2)C1. The molecule has 7 heteroatoms. The van der Waals surface area contributed by atoms with Crippen LogP contribution in [0.3, 0.4) is 0 Å². The number of amides is 1. The molecule has 1 heterocycles. The summed E-state index contributed by atoms with van der Waals surface area (Å²) in [5.74, 6) is -0.516. The lowest BCUT2D eigenvalue weighted by atomic mass is 9.98. The van der Waals surface area contributed by atoms with Crippen molar-refractivity contribution in [2.45, 2.75) is 19.8 Å². The van der Waals surface area contributed by atoms with Crippen molar-refractivity contribution in [3.63, 3.8) is 0 Å². The van der Waals surface area contributed by atoms with Crippen LogP contribution in [0.2, 0.25) is 0 Å². The summed E-state index contributed by atoms with van der Waals surface area (Å²) in [5.41, 5.74) is 1.02. The van der Waals surface area contributed by atoms with Gasteiger partial charge in [-0.15, -0.1) is 0 Å². The molecule has 1 N–H and O–H groups in total. The highest BCUT2D eigenvalue weighted by atomic mass is 32.2. The van der Waals surface area contributed by atoms with Crippen LogP contribution in [0.5, 0.6) is 0 Å². The first kappa shape index (κ1) is 16.5. The third-order valence-corrected chi connectivity index (χ3v) is 5.62. The average Bonchev–Trinajstić information content (AvgIpc) is 2.55. The number of hydrogen-bond donors (Lipinski definition) is 1. The fourth-order valence-electron chi connectivity index (χ4n) is 2.50. The third-order valence-electron chi connectivity index (χ3n) is 3.77. The van der Waals surface area contributed by atoms with E-state index >= 15 is 0 Å². The van der Waals surface area contributed by atoms with Crippen LogP contribution in [0.15, 0.2) is 24.3 Å². The number of sulfonamides is 1. The second-order valence-electron chi connectivity index (χ2n) is 5.28. The first-order valence-corrected chi connectivity index (χ1v) is 8.86.